The fourth-order valence-electron chi connectivity index (χ4n) is 2.58. The average molecular weight is 416 g/mol. The zero-order valence-electron chi connectivity index (χ0n) is 15.1. The summed E-state index contributed by atoms with van der Waals surface area (Å²) in [6, 6.07) is 14.5. The monoisotopic (exact) mass is 415 g/mol. The van der Waals surface area contributed by atoms with Gasteiger partial charge >= 0.3 is 6.03 Å². The highest BCUT2D eigenvalue weighted by Crippen LogP contribution is 2.29. The third-order valence-corrected chi connectivity index (χ3v) is 5.00. The summed E-state index contributed by atoms with van der Waals surface area (Å²) >= 11 is 7.37. The Morgan fingerprint density at radius 3 is 2.61 bits per heavy atom. The van der Waals surface area contributed by atoms with Crippen LogP contribution in [0.4, 0.5) is 4.79 Å². The number of nitrogens with one attached hydrogen (secondary N) is 1. The van der Waals surface area contributed by atoms with Crippen molar-refractivity contribution in [2.24, 2.45) is 5.73 Å². The maximum atomic E-state index is 11.6. The maximum absolute atomic E-state index is 11.6. The minimum absolute atomic E-state index is 0.130. The van der Waals surface area contributed by atoms with Crippen molar-refractivity contribution in [3.63, 3.8) is 0 Å². The van der Waals surface area contributed by atoms with E-state index in [-0.39, 0.29) is 6.42 Å². The van der Waals surface area contributed by atoms with Gasteiger partial charge in [0.05, 0.1) is 0 Å². The third kappa shape index (κ3) is 4.90. The highest BCUT2D eigenvalue weighted by molar-refractivity contribution is 7.99. The third-order valence-electron chi connectivity index (χ3n) is 3.82. The van der Waals surface area contributed by atoms with Gasteiger partial charge in [0, 0.05) is 28.4 Å². The molecule has 0 aliphatic heterocycles. The molecule has 7 nitrogen and oxygen atoms in total. The molecule has 144 valence electrons. The predicted octanol–water partition coefficient (Wildman–Crippen LogP) is 3.57. The Balaban J connectivity index is 1.91. The van der Waals surface area contributed by atoms with Gasteiger partial charge < -0.3 is 5.73 Å². The number of hydrogen-bond acceptors (Lipinski definition) is 5. The first-order chi connectivity index (χ1) is 13.4. The van der Waals surface area contributed by atoms with E-state index in [9.17, 15) is 9.59 Å². The van der Waals surface area contributed by atoms with Crippen molar-refractivity contribution in [3.05, 3.63) is 59.1 Å². The summed E-state index contributed by atoms with van der Waals surface area (Å²) in [5.41, 5.74) is 7.84. The molecule has 0 atom stereocenters. The first-order valence-corrected chi connectivity index (χ1v) is 9.81. The largest absolute Gasteiger partial charge is 0.351 e. The van der Waals surface area contributed by atoms with E-state index < -0.39 is 11.9 Å². The first-order valence-electron chi connectivity index (χ1n) is 8.44. The molecule has 0 radical (unpaired) electrons. The Kier molecular flexibility index (Phi) is 6.33. The molecule has 0 aliphatic carbocycles. The molecule has 0 aliphatic rings. The quantitative estimate of drug-likeness (QED) is 0.599. The molecule has 0 fully saturated rings. The van der Waals surface area contributed by atoms with Gasteiger partial charge in [-0.2, -0.15) is 0 Å². The van der Waals surface area contributed by atoms with E-state index in [1.807, 2.05) is 47.9 Å². The molecule has 0 spiro atoms. The second kappa shape index (κ2) is 8.90. The van der Waals surface area contributed by atoms with E-state index in [0.717, 1.165) is 16.8 Å². The highest BCUT2D eigenvalue weighted by Gasteiger charge is 2.17. The topological polar surface area (TPSA) is 103 Å². The Bertz CT molecular complexity index is 1000. The number of nitrogens with zero attached hydrogens (tertiary/aromatic N) is 3. The second-order valence-corrected chi connectivity index (χ2v) is 7.50. The number of carbonyl (C=O) groups is 2. The molecule has 0 saturated heterocycles. The molecule has 9 heteroatoms. The zero-order chi connectivity index (χ0) is 20.1. The normalized spacial score (nSPS) is 10.6. The summed E-state index contributed by atoms with van der Waals surface area (Å²) < 4.78 is 1.94. The number of aryl methyl sites for hydroxylation is 1. The molecule has 3 amide bonds. The lowest BCUT2D eigenvalue weighted by Gasteiger charge is -2.11. The van der Waals surface area contributed by atoms with Gasteiger partial charge in [-0.05, 0) is 48.9 Å². The van der Waals surface area contributed by atoms with Gasteiger partial charge in [0.2, 0.25) is 5.91 Å². The summed E-state index contributed by atoms with van der Waals surface area (Å²) in [6.07, 6.45) is 0.130. The van der Waals surface area contributed by atoms with Crippen molar-refractivity contribution in [3.8, 4) is 17.1 Å². The van der Waals surface area contributed by atoms with Crippen LogP contribution in [0.5, 0.6) is 0 Å². The van der Waals surface area contributed by atoms with E-state index in [2.05, 4.69) is 15.5 Å². The Morgan fingerprint density at radius 1 is 1.18 bits per heavy atom. The first kappa shape index (κ1) is 19.9. The molecule has 1 heterocycles. The molecule has 0 bridgehead atoms. The molecule has 3 aromatic rings. The van der Waals surface area contributed by atoms with E-state index in [4.69, 9.17) is 17.3 Å². The molecule has 3 rings (SSSR count). The highest BCUT2D eigenvalue weighted by atomic mass is 35.5. The Morgan fingerprint density at radius 2 is 1.93 bits per heavy atom. The molecule has 0 saturated carbocycles. The van der Waals surface area contributed by atoms with E-state index in [1.165, 1.54) is 11.8 Å². The number of amides is 3. The fraction of sp³-hybridized carbons (Fsp3) is 0.158. The number of imide groups is 1. The smallest absolute Gasteiger partial charge is 0.318 e. The van der Waals surface area contributed by atoms with E-state index in [1.54, 1.807) is 12.1 Å². The Hall–Kier alpha value is -2.84. The summed E-state index contributed by atoms with van der Waals surface area (Å²) in [7, 11) is 0. The van der Waals surface area contributed by atoms with Gasteiger partial charge in [-0.1, -0.05) is 35.5 Å². The molecule has 2 aromatic carbocycles. The lowest BCUT2D eigenvalue weighted by atomic mass is 10.2. The van der Waals surface area contributed by atoms with Gasteiger partial charge in [0.1, 0.15) is 0 Å². The lowest BCUT2D eigenvalue weighted by molar-refractivity contribution is -0.119. The minimum atomic E-state index is -0.858. The van der Waals surface area contributed by atoms with Crippen molar-refractivity contribution in [2.45, 2.75) is 18.5 Å². The Labute approximate surface area is 171 Å². The van der Waals surface area contributed by atoms with Crippen LogP contribution < -0.4 is 11.1 Å². The van der Waals surface area contributed by atoms with Crippen molar-refractivity contribution in [1.29, 1.82) is 0 Å². The van der Waals surface area contributed by atoms with Crippen molar-refractivity contribution in [2.75, 3.05) is 5.75 Å². The zero-order valence-corrected chi connectivity index (χ0v) is 16.6. The number of primary amides is 1. The second-order valence-electron chi connectivity index (χ2n) is 6.00. The molecular weight excluding hydrogens is 398 g/mol. The van der Waals surface area contributed by atoms with Crippen LogP contribution in [0.1, 0.15) is 12.0 Å². The number of rotatable bonds is 6. The summed E-state index contributed by atoms with van der Waals surface area (Å²) in [6.45, 7) is 2.01. The van der Waals surface area contributed by atoms with E-state index in [0.29, 0.717) is 21.8 Å². The number of carbonyl (C=O) groups excluding carboxylic acids is 2. The van der Waals surface area contributed by atoms with Crippen molar-refractivity contribution >= 4 is 35.3 Å². The maximum Gasteiger partial charge on any atom is 0.318 e. The van der Waals surface area contributed by atoms with Crippen LogP contribution in [0.2, 0.25) is 5.02 Å². The number of halogens is 1. The van der Waals surface area contributed by atoms with E-state index >= 15 is 0 Å². The lowest BCUT2D eigenvalue weighted by Crippen LogP contribution is -2.35. The predicted molar refractivity (Wildman–Crippen MR) is 110 cm³/mol. The van der Waals surface area contributed by atoms with Crippen molar-refractivity contribution < 1.29 is 9.59 Å². The number of benzene rings is 2. The number of hydrogen-bond donors (Lipinski definition) is 2. The van der Waals surface area contributed by atoms with Gasteiger partial charge in [-0.15, -0.1) is 10.2 Å². The van der Waals surface area contributed by atoms with Gasteiger partial charge in [-0.3, -0.25) is 14.7 Å². The van der Waals surface area contributed by atoms with Crippen LogP contribution in [0.15, 0.2) is 53.7 Å². The molecule has 28 heavy (non-hydrogen) atoms. The van der Waals surface area contributed by atoms with Gasteiger partial charge in [-0.25, -0.2) is 4.79 Å². The number of thioether (sulfide) groups is 1. The SMILES string of the molecule is Cc1cccc(-n2c(SCCC(=O)NC(N)=O)nnc2-c2ccc(Cl)cc2)c1. The summed E-state index contributed by atoms with van der Waals surface area (Å²) in [5.74, 6) is 0.662. The van der Waals surface area contributed by atoms with Crippen LogP contribution in [0, 0.1) is 6.92 Å². The number of aromatic nitrogens is 3. The minimum Gasteiger partial charge on any atom is -0.351 e. The molecule has 0 unspecified atom stereocenters. The standard InChI is InChI=1S/C19H18ClN5O2S/c1-12-3-2-4-15(11-12)25-17(13-5-7-14(20)8-6-13)23-24-19(25)28-10-9-16(26)22-18(21)27/h2-8,11H,9-10H2,1H3,(H3,21,22,26,27). The molecular formula is C19H18ClN5O2S. The number of nitrogens with two attached hydrogens (primary N) is 1. The van der Waals surface area contributed by atoms with Crippen LogP contribution in [0.3, 0.4) is 0 Å². The van der Waals surface area contributed by atoms with Gasteiger partial charge in [0.15, 0.2) is 11.0 Å². The number of urea groups is 1. The summed E-state index contributed by atoms with van der Waals surface area (Å²) in [5, 5.41) is 12.0. The van der Waals surface area contributed by atoms with Crippen LogP contribution >= 0.6 is 23.4 Å². The van der Waals surface area contributed by atoms with Crippen LogP contribution in [-0.4, -0.2) is 32.5 Å². The average Bonchev–Trinajstić information content (AvgIpc) is 3.05. The van der Waals surface area contributed by atoms with Crippen molar-refractivity contribution in [1.82, 2.24) is 20.1 Å². The van der Waals surface area contributed by atoms with Gasteiger partial charge in [0.25, 0.3) is 0 Å². The summed E-state index contributed by atoms with van der Waals surface area (Å²) in [4.78, 5) is 22.4. The molecule has 3 N–H and O–H groups in total. The molecule has 1 aromatic heterocycles. The van der Waals surface area contributed by atoms with Crippen LogP contribution in [-0.2, 0) is 4.79 Å². The fourth-order valence-corrected chi connectivity index (χ4v) is 3.60. The van der Waals surface area contributed by atoms with Crippen LogP contribution in [0.25, 0.3) is 17.1 Å².